The Hall–Kier alpha value is -1.89. The van der Waals surface area contributed by atoms with E-state index in [0.29, 0.717) is 23.0 Å². The molecule has 6 nitrogen and oxygen atoms in total. The van der Waals surface area contributed by atoms with E-state index in [1.54, 1.807) is 24.3 Å². The van der Waals surface area contributed by atoms with Crippen LogP contribution in [0.2, 0.25) is 0 Å². The zero-order valence-corrected chi connectivity index (χ0v) is 13.5. The highest BCUT2D eigenvalue weighted by Gasteiger charge is 2.26. The first-order valence-electron chi connectivity index (χ1n) is 7.03. The molecule has 0 radical (unpaired) electrons. The zero-order valence-electron chi connectivity index (χ0n) is 11.9. The maximum atomic E-state index is 12.1. The molecular formula is C15H17BrN2O4. The summed E-state index contributed by atoms with van der Waals surface area (Å²) in [7, 11) is 0. The van der Waals surface area contributed by atoms with Crippen molar-refractivity contribution in [2.24, 2.45) is 0 Å². The lowest BCUT2D eigenvalue weighted by molar-refractivity contribution is -0.143. The van der Waals surface area contributed by atoms with Gasteiger partial charge >= 0.3 is 5.97 Å². The summed E-state index contributed by atoms with van der Waals surface area (Å²) in [5.41, 5.74) is 0.466. The third-order valence-corrected chi connectivity index (χ3v) is 4.25. The molecule has 1 aromatic carbocycles. The Morgan fingerprint density at radius 3 is 2.68 bits per heavy atom. The Balaban J connectivity index is 2.05. The van der Waals surface area contributed by atoms with E-state index in [9.17, 15) is 19.5 Å². The van der Waals surface area contributed by atoms with Crippen LogP contribution in [0.4, 0.5) is 0 Å². The lowest BCUT2D eigenvalue weighted by Gasteiger charge is -2.26. The first kappa shape index (κ1) is 16.5. The van der Waals surface area contributed by atoms with Gasteiger partial charge in [-0.15, -0.1) is 0 Å². The first-order valence-corrected chi connectivity index (χ1v) is 7.82. The minimum Gasteiger partial charge on any atom is -0.479 e. The lowest BCUT2D eigenvalue weighted by Crippen LogP contribution is -2.45. The van der Waals surface area contributed by atoms with Gasteiger partial charge in [0.1, 0.15) is 0 Å². The predicted molar refractivity (Wildman–Crippen MR) is 83.1 cm³/mol. The van der Waals surface area contributed by atoms with Crippen LogP contribution >= 0.6 is 15.9 Å². The van der Waals surface area contributed by atoms with Gasteiger partial charge in [0.25, 0.3) is 0 Å². The van der Waals surface area contributed by atoms with Crippen molar-refractivity contribution in [1.29, 1.82) is 0 Å². The molecule has 1 heterocycles. The van der Waals surface area contributed by atoms with Gasteiger partial charge in [0.05, 0.1) is 6.54 Å². The topological polar surface area (TPSA) is 86.7 Å². The standard InChI is InChI=1S/C15H17BrN2O4/c16-11-6-2-1-5-10(11)14(15(21)22)17-12(19)9-18-8-4-3-7-13(18)20/h1-2,5-6,14H,3-4,7-9H2,(H,17,19)(H,21,22). The highest BCUT2D eigenvalue weighted by Crippen LogP contribution is 2.23. The van der Waals surface area contributed by atoms with Gasteiger partial charge in [-0.1, -0.05) is 34.1 Å². The second-order valence-corrected chi connectivity index (χ2v) is 5.99. The van der Waals surface area contributed by atoms with Crippen LogP contribution in [-0.4, -0.2) is 40.9 Å². The monoisotopic (exact) mass is 368 g/mol. The largest absolute Gasteiger partial charge is 0.479 e. The lowest BCUT2D eigenvalue weighted by atomic mass is 10.1. The summed E-state index contributed by atoms with van der Waals surface area (Å²) >= 11 is 3.28. The van der Waals surface area contributed by atoms with Crippen LogP contribution in [0.25, 0.3) is 0 Å². The van der Waals surface area contributed by atoms with Crippen LogP contribution in [0, 0.1) is 0 Å². The Bertz CT molecular complexity index is 591. The van der Waals surface area contributed by atoms with Crippen molar-refractivity contribution in [1.82, 2.24) is 10.2 Å². The minimum absolute atomic E-state index is 0.0610. The van der Waals surface area contributed by atoms with Crippen molar-refractivity contribution in [3.8, 4) is 0 Å². The molecule has 1 unspecified atom stereocenters. The van der Waals surface area contributed by atoms with Gasteiger partial charge in [0.2, 0.25) is 11.8 Å². The van der Waals surface area contributed by atoms with Crippen molar-refractivity contribution < 1.29 is 19.5 Å². The fourth-order valence-corrected chi connectivity index (χ4v) is 2.90. The van der Waals surface area contributed by atoms with E-state index in [1.165, 1.54) is 4.90 Å². The highest BCUT2D eigenvalue weighted by atomic mass is 79.9. The van der Waals surface area contributed by atoms with Crippen molar-refractivity contribution >= 4 is 33.7 Å². The molecule has 1 aromatic rings. The van der Waals surface area contributed by atoms with Crippen LogP contribution in [0.1, 0.15) is 30.9 Å². The second-order valence-electron chi connectivity index (χ2n) is 5.13. The summed E-state index contributed by atoms with van der Waals surface area (Å²) in [6, 6.07) is 5.67. The number of benzene rings is 1. The van der Waals surface area contributed by atoms with E-state index in [4.69, 9.17) is 0 Å². The Morgan fingerprint density at radius 2 is 2.05 bits per heavy atom. The van der Waals surface area contributed by atoms with E-state index in [-0.39, 0.29) is 12.5 Å². The normalized spacial score (nSPS) is 16.2. The van der Waals surface area contributed by atoms with Crippen molar-refractivity contribution in [3.05, 3.63) is 34.3 Å². The molecule has 0 spiro atoms. The molecule has 0 aromatic heterocycles. The zero-order chi connectivity index (χ0) is 16.1. The summed E-state index contributed by atoms with van der Waals surface area (Å²) in [6.45, 7) is 0.437. The van der Waals surface area contributed by atoms with Crippen LogP contribution in [0.3, 0.4) is 0 Å². The number of amides is 2. The number of rotatable bonds is 5. The molecule has 118 valence electrons. The number of piperidine rings is 1. The number of halogens is 1. The predicted octanol–water partition coefficient (Wildman–Crippen LogP) is 1.70. The highest BCUT2D eigenvalue weighted by molar-refractivity contribution is 9.10. The average molecular weight is 369 g/mol. The van der Waals surface area contributed by atoms with Crippen LogP contribution in [0.15, 0.2) is 28.7 Å². The Labute approximate surface area is 136 Å². The van der Waals surface area contributed by atoms with Crippen LogP contribution in [0.5, 0.6) is 0 Å². The Kier molecular flexibility index (Phi) is 5.54. The summed E-state index contributed by atoms with van der Waals surface area (Å²) in [5, 5.41) is 11.8. The number of likely N-dealkylation sites (tertiary alicyclic amines) is 1. The number of aliphatic carboxylic acids is 1. The van der Waals surface area contributed by atoms with Gasteiger partial charge in [-0.3, -0.25) is 9.59 Å². The van der Waals surface area contributed by atoms with E-state index in [2.05, 4.69) is 21.2 Å². The maximum absolute atomic E-state index is 12.1. The molecule has 2 N–H and O–H groups in total. The molecule has 1 aliphatic heterocycles. The number of carboxylic acids is 1. The second kappa shape index (κ2) is 7.40. The van der Waals surface area contributed by atoms with Crippen LogP contribution in [-0.2, 0) is 14.4 Å². The molecule has 1 aliphatic rings. The Morgan fingerprint density at radius 1 is 1.32 bits per heavy atom. The van der Waals surface area contributed by atoms with Gasteiger partial charge in [-0.2, -0.15) is 0 Å². The molecule has 1 atom stereocenters. The molecule has 2 amide bonds. The van der Waals surface area contributed by atoms with Gasteiger partial charge in [0, 0.05) is 17.4 Å². The minimum atomic E-state index is -1.15. The van der Waals surface area contributed by atoms with Gasteiger partial charge in [-0.25, -0.2) is 4.79 Å². The third-order valence-electron chi connectivity index (χ3n) is 3.52. The summed E-state index contributed by atoms with van der Waals surface area (Å²) in [6.07, 6.45) is 2.15. The fourth-order valence-electron chi connectivity index (χ4n) is 2.39. The van der Waals surface area contributed by atoms with Gasteiger partial charge < -0.3 is 15.3 Å². The number of nitrogens with zero attached hydrogens (tertiary/aromatic N) is 1. The number of hydrogen-bond acceptors (Lipinski definition) is 3. The molecule has 1 fully saturated rings. The molecule has 0 saturated carbocycles. The van der Waals surface area contributed by atoms with E-state index >= 15 is 0 Å². The number of carbonyl (C=O) groups excluding carboxylic acids is 2. The third kappa shape index (κ3) is 4.07. The summed E-state index contributed by atoms with van der Waals surface area (Å²) in [4.78, 5) is 36.7. The maximum Gasteiger partial charge on any atom is 0.330 e. The van der Waals surface area contributed by atoms with Gasteiger partial charge in [-0.05, 0) is 24.5 Å². The molecule has 0 bridgehead atoms. The SMILES string of the molecule is O=C(CN1CCCCC1=O)NC(C(=O)O)c1ccccc1Br. The summed E-state index contributed by atoms with van der Waals surface area (Å²) in [5.74, 6) is -1.68. The number of hydrogen-bond donors (Lipinski definition) is 2. The summed E-state index contributed by atoms with van der Waals surface area (Å²) < 4.78 is 0.608. The fraction of sp³-hybridized carbons (Fsp3) is 0.400. The van der Waals surface area contributed by atoms with E-state index < -0.39 is 17.9 Å². The number of nitrogens with one attached hydrogen (secondary N) is 1. The van der Waals surface area contributed by atoms with E-state index in [0.717, 1.165) is 12.8 Å². The van der Waals surface area contributed by atoms with Crippen LogP contribution < -0.4 is 5.32 Å². The smallest absolute Gasteiger partial charge is 0.330 e. The van der Waals surface area contributed by atoms with Crippen molar-refractivity contribution in [3.63, 3.8) is 0 Å². The average Bonchev–Trinajstić information content (AvgIpc) is 2.48. The molecule has 22 heavy (non-hydrogen) atoms. The van der Waals surface area contributed by atoms with Gasteiger partial charge in [0.15, 0.2) is 6.04 Å². The molecule has 7 heteroatoms. The van der Waals surface area contributed by atoms with Crippen molar-refractivity contribution in [2.75, 3.05) is 13.1 Å². The molecular weight excluding hydrogens is 352 g/mol. The van der Waals surface area contributed by atoms with Crippen molar-refractivity contribution in [2.45, 2.75) is 25.3 Å². The number of carbonyl (C=O) groups is 3. The number of carboxylic acid groups (broad SMARTS) is 1. The van der Waals surface area contributed by atoms with E-state index in [1.807, 2.05) is 0 Å². The quantitative estimate of drug-likeness (QED) is 0.827. The first-order chi connectivity index (χ1) is 10.5. The molecule has 2 rings (SSSR count). The molecule has 0 aliphatic carbocycles. The molecule has 1 saturated heterocycles.